The molecule has 0 amide bonds. The second kappa shape index (κ2) is 4.33. The van der Waals surface area contributed by atoms with E-state index < -0.39 is 9.84 Å². The van der Waals surface area contributed by atoms with E-state index in [4.69, 9.17) is 4.74 Å². The van der Waals surface area contributed by atoms with Crippen LogP contribution in [0.5, 0.6) is 0 Å². The summed E-state index contributed by atoms with van der Waals surface area (Å²) in [5.41, 5.74) is 0.856. The Balaban J connectivity index is 1.91. The Hall–Kier alpha value is -0.870. The van der Waals surface area contributed by atoms with E-state index in [0.717, 1.165) is 12.2 Å². The second-order valence-electron chi connectivity index (χ2n) is 3.82. The molecular formula is C11H14O3S. The van der Waals surface area contributed by atoms with Crippen molar-refractivity contribution >= 4 is 9.84 Å². The van der Waals surface area contributed by atoms with Gasteiger partial charge in [0.2, 0.25) is 0 Å². The van der Waals surface area contributed by atoms with E-state index in [0.29, 0.717) is 6.42 Å². The molecule has 2 rings (SSSR count). The maximum atomic E-state index is 11.7. The molecule has 1 aromatic rings. The van der Waals surface area contributed by atoms with Gasteiger partial charge in [-0.15, -0.1) is 0 Å². The number of epoxide rings is 1. The maximum Gasteiger partial charge on any atom is 0.154 e. The third kappa shape index (κ3) is 3.64. The minimum Gasteiger partial charge on any atom is -0.373 e. The van der Waals surface area contributed by atoms with E-state index in [1.807, 2.05) is 30.3 Å². The lowest BCUT2D eigenvalue weighted by molar-refractivity contribution is 0.403. The standard InChI is InChI=1S/C11H14O3S/c12-15(13,7-6-11-8-14-11)9-10-4-2-1-3-5-10/h1-5,11H,6-9H2. The fourth-order valence-corrected chi connectivity index (χ4v) is 2.91. The Labute approximate surface area is 90.0 Å². The van der Waals surface area contributed by atoms with Gasteiger partial charge in [0.1, 0.15) is 0 Å². The molecule has 1 heterocycles. The molecule has 1 fully saturated rings. The van der Waals surface area contributed by atoms with Crippen molar-refractivity contribution in [3.63, 3.8) is 0 Å². The van der Waals surface area contributed by atoms with Gasteiger partial charge in [-0.3, -0.25) is 0 Å². The molecule has 0 aliphatic carbocycles. The summed E-state index contributed by atoms with van der Waals surface area (Å²) in [4.78, 5) is 0. The smallest absolute Gasteiger partial charge is 0.154 e. The molecule has 1 aromatic carbocycles. The number of rotatable bonds is 5. The fraction of sp³-hybridized carbons (Fsp3) is 0.455. The van der Waals surface area contributed by atoms with Gasteiger partial charge in [-0.2, -0.15) is 0 Å². The SMILES string of the molecule is O=S(=O)(CCC1CO1)Cc1ccccc1. The van der Waals surface area contributed by atoms with Gasteiger partial charge in [0.15, 0.2) is 9.84 Å². The Kier molecular flexibility index (Phi) is 3.07. The average molecular weight is 226 g/mol. The maximum absolute atomic E-state index is 11.7. The summed E-state index contributed by atoms with van der Waals surface area (Å²) in [7, 11) is -2.97. The lowest BCUT2D eigenvalue weighted by Gasteiger charge is -2.02. The molecule has 3 nitrogen and oxygen atoms in total. The third-order valence-corrected chi connectivity index (χ3v) is 4.01. The van der Waals surface area contributed by atoms with Gasteiger partial charge in [-0.1, -0.05) is 30.3 Å². The van der Waals surface area contributed by atoms with Crippen molar-refractivity contribution in [2.24, 2.45) is 0 Å². The van der Waals surface area contributed by atoms with Crippen LogP contribution in [0.4, 0.5) is 0 Å². The van der Waals surface area contributed by atoms with E-state index in [1.165, 1.54) is 0 Å². The molecule has 0 bridgehead atoms. The van der Waals surface area contributed by atoms with Crippen molar-refractivity contribution in [1.82, 2.24) is 0 Å². The number of hydrogen-bond acceptors (Lipinski definition) is 3. The molecule has 1 saturated heterocycles. The summed E-state index contributed by atoms with van der Waals surface area (Å²) in [5, 5.41) is 0. The molecule has 0 spiro atoms. The van der Waals surface area contributed by atoms with Gasteiger partial charge >= 0.3 is 0 Å². The molecule has 1 aliphatic rings. The van der Waals surface area contributed by atoms with Crippen molar-refractivity contribution in [1.29, 1.82) is 0 Å². The van der Waals surface area contributed by atoms with Crippen molar-refractivity contribution in [3.8, 4) is 0 Å². The second-order valence-corrected chi connectivity index (χ2v) is 6.01. The molecule has 1 aliphatic heterocycles. The van der Waals surface area contributed by atoms with E-state index in [1.54, 1.807) is 0 Å². The first kappa shape index (κ1) is 10.6. The van der Waals surface area contributed by atoms with Gasteiger partial charge < -0.3 is 4.74 Å². The molecule has 82 valence electrons. The highest BCUT2D eigenvalue weighted by molar-refractivity contribution is 7.90. The Bertz CT molecular complexity index is 407. The van der Waals surface area contributed by atoms with Gasteiger partial charge in [-0.25, -0.2) is 8.42 Å². The molecule has 1 atom stereocenters. The number of ether oxygens (including phenoxy) is 1. The van der Waals surface area contributed by atoms with Crippen LogP contribution in [0.1, 0.15) is 12.0 Å². The van der Waals surface area contributed by atoms with E-state index in [2.05, 4.69) is 0 Å². The van der Waals surface area contributed by atoms with E-state index >= 15 is 0 Å². The Morgan fingerprint density at radius 2 is 1.93 bits per heavy atom. The lowest BCUT2D eigenvalue weighted by Crippen LogP contribution is -2.11. The molecule has 0 radical (unpaired) electrons. The molecule has 0 saturated carbocycles. The first-order valence-corrected chi connectivity index (χ1v) is 6.84. The lowest BCUT2D eigenvalue weighted by atomic mass is 10.2. The van der Waals surface area contributed by atoms with Crippen molar-refractivity contribution < 1.29 is 13.2 Å². The minimum atomic E-state index is -2.97. The highest BCUT2D eigenvalue weighted by Crippen LogP contribution is 2.16. The topological polar surface area (TPSA) is 46.7 Å². The first-order chi connectivity index (χ1) is 7.16. The number of sulfone groups is 1. The van der Waals surface area contributed by atoms with Crippen LogP contribution in [0.2, 0.25) is 0 Å². The summed E-state index contributed by atoms with van der Waals surface area (Å²) in [6.45, 7) is 0.723. The highest BCUT2D eigenvalue weighted by Gasteiger charge is 2.24. The fourth-order valence-electron chi connectivity index (χ4n) is 1.45. The molecule has 0 aromatic heterocycles. The Morgan fingerprint density at radius 1 is 1.27 bits per heavy atom. The summed E-state index contributed by atoms with van der Waals surface area (Å²) in [6, 6.07) is 9.27. The molecule has 1 unspecified atom stereocenters. The first-order valence-electron chi connectivity index (χ1n) is 5.02. The number of hydrogen-bond donors (Lipinski definition) is 0. The predicted octanol–water partition coefficient (Wildman–Crippen LogP) is 1.39. The average Bonchev–Trinajstić information content (AvgIpc) is 2.99. The van der Waals surface area contributed by atoms with Crippen LogP contribution >= 0.6 is 0 Å². The highest BCUT2D eigenvalue weighted by atomic mass is 32.2. The van der Waals surface area contributed by atoms with Crippen LogP contribution in [-0.2, 0) is 20.3 Å². The zero-order valence-corrected chi connectivity index (χ0v) is 9.24. The molecular weight excluding hydrogens is 212 g/mol. The zero-order chi connectivity index (χ0) is 10.7. The molecule has 15 heavy (non-hydrogen) atoms. The van der Waals surface area contributed by atoms with Gasteiger partial charge in [0.05, 0.1) is 24.2 Å². The van der Waals surface area contributed by atoms with Crippen LogP contribution in [0.25, 0.3) is 0 Å². The normalized spacial score (nSPS) is 20.1. The van der Waals surface area contributed by atoms with Crippen LogP contribution < -0.4 is 0 Å². The zero-order valence-electron chi connectivity index (χ0n) is 8.43. The quantitative estimate of drug-likeness (QED) is 0.713. The van der Waals surface area contributed by atoms with Crippen LogP contribution in [0.3, 0.4) is 0 Å². The van der Waals surface area contributed by atoms with Gasteiger partial charge in [0, 0.05) is 0 Å². The van der Waals surface area contributed by atoms with Crippen LogP contribution in [0.15, 0.2) is 30.3 Å². The predicted molar refractivity (Wildman–Crippen MR) is 58.3 cm³/mol. The minimum absolute atomic E-state index is 0.139. The van der Waals surface area contributed by atoms with Crippen molar-refractivity contribution in [2.45, 2.75) is 18.3 Å². The number of benzene rings is 1. The summed E-state index contributed by atoms with van der Waals surface area (Å²) >= 11 is 0. The molecule has 0 N–H and O–H groups in total. The van der Waals surface area contributed by atoms with Gasteiger partial charge in [0.25, 0.3) is 0 Å². The van der Waals surface area contributed by atoms with Crippen molar-refractivity contribution in [2.75, 3.05) is 12.4 Å². The summed E-state index contributed by atoms with van der Waals surface area (Å²) < 4.78 is 28.3. The molecule has 4 heteroatoms. The van der Waals surface area contributed by atoms with Crippen molar-refractivity contribution in [3.05, 3.63) is 35.9 Å². The largest absolute Gasteiger partial charge is 0.373 e. The Morgan fingerprint density at radius 3 is 2.53 bits per heavy atom. The monoisotopic (exact) mass is 226 g/mol. The van der Waals surface area contributed by atoms with E-state index in [9.17, 15) is 8.42 Å². The summed E-state index contributed by atoms with van der Waals surface area (Å²) in [6.07, 6.45) is 0.824. The van der Waals surface area contributed by atoms with Crippen LogP contribution in [0, 0.1) is 0 Å². The van der Waals surface area contributed by atoms with Crippen LogP contribution in [-0.4, -0.2) is 26.9 Å². The summed E-state index contributed by atoms with van der Waals surface area (Å²) in [5.74, 6) is 0.368. The third-order valence-electron chi connectivity index (χ3n) is 2.38. The van der Waals surface area contributed by atoms with E-state index in [-0.39, 0.29) is 17.6 Å². The van der Waals surface area contributed by atoms with Gasteiger partial charge in [-0.05, 0) is 12.0 Å².